The highest BCUT2D eigenvalue weighted by Gasteiger charge is 2.35. The Bertz CT molecular complexity index is 1210. The van der Waals surface area contributed by atoms with Gasteiger partial charge in [0.05, 0.1) is 22.9 Å². The third-order valence-electron chi connectivity index (χ3n) is 3.99. The number of ether oxygens (including phenoxy) is 1. The maximum absolute atomic E-state index is 13.0. The van der Waals surface area contributed by atoms with E-state index in [0.717, 1.165) is 13.3 Å². The predicted octanol–water partition coefficient (Wildman–Crippen LogP) is 3.13. The van der Waals surface area contributed by atoms with Gasteiger partial charge in [-0.25, -0.2) is 14.2 Å². The number of nitrogens with zero attached hydrogens (tertiary/aromatic N) is 2. The number of rotatable bonds is 3. The largest absolute Gasteiger partial charge is 0.462 e. The van der Waals surface area contributed by atoms with E-state index >= 15 is 0 Å². The van der Waals surface area contributed by atoms with Gasteiger partial charge in [-0.15, -0.1) is 0 Å². The molecule has 0 saturated heterocycles. The zero-order valence-corrected chi connectivity index (χ0v) is 15.2. The van der Waals surface area contributed by atoms with Crippen LogP contribution >= 0.6 is 11.6 Å². The first-order valence-corrected chi connectivity index (χ1v) is 8.22. The van der Waals surface area contributed by atoms with Crippen LogP contribution in [0.25, 0.3) is 16.7 Å². The normalized spacial score (nSPS) is 11.8. The average molecular weight is 417 g/mol. The minimum Gasteiger partial charge on any atom is -0.462 e. The van der Waals surface area contributed by atoms with E-state index < -0.39 is 29.1 Å². The monoisotopic (exact) mass is 416 g/mol. The number of benzene rings is 1. The Morgan fingerprint density at radius 3 is 2.54 bits per heavy atom. The summed E-state index contributed by atoms with van der Waals surface area (Å²) in [5.74, 6) is -0.741. The van der Waals surface area contributed by atoms with Gasteiger partial charge >= 0.3 is 17.8 Å². The molecular weight excluding hydrogens is 405 g/mol. The van der Waals surface area contributed by atoms with Gasteiger partial charge in [-0.1, -0.05) is 11.6 Å². The van der Waals surface area contributed by atoms with Crippen LogP contribution in [0.3, 0.4) is 0 Å². The van der Waals surface area contributed by atoms with Crippen LogP contribution in [-0.4, -0.2) is 21.7 Å². The summed E-state index contributed by atoms with van der Waals surface area (Å²) in [6, 6.07) is 2.84. The number of aromatic nitrogens is 2. The number of furan rings is 1. The molecule has 11 heteroatoms. The SMILES string of the molecule is CCOC(=O)c1cc2c(-n3c(=O)cc(C(F)(F)F)n(C)c3=O)coc2cc1Cl. The molecule has 0 aliphatic carbocycles. The number of halogens is 4. The topological polar surface area (TPSA) is 83.4 Å². The van der Waals surface area contributed by atoms with Crippen molar-refractivity contribution < 1.29 is 27.1 Å². The van der Waals surface area contributed by atoms with Crippen LogP contribution in [0.1, 0.15) is 23.0 Å². The zero-order valence-electron chi connectivity index (χ0n) is 14.5. The molecule has 7 nitrogen and oxygen atoms in total. The van der Waals surface area contributed by atoms with Crippen molar-refractivity contribution in [1.29, 1.82) is 0 Å². The van der Waals surface area contributed by atoms with E-state index in [1.807, 2.05) is 0 Å². The molecule has 2 aromatic heterocycles. The molecule has 0 saturated carbocycles. The molecule has 0 aliphatic rings. The number of carbonyl (C=O) groups is 1. The minimum absolute atomic E-state index is 0.0134. The third kappa shape index (κ3) is 3.19. The molecular formula is C17H12ClF3N2O5. The Kier molecular flexibility index (Phi) is 4.84. The van der Waals surface area contributed by atoms with Crippen molar-refractivity contribution in [2.45, 2.75) is 13.1 Å². The Morgan fingerprint density at radius 2 is 1.93 bits per heavy atom. The lowest BCUT2D eigenvalue weighted by atomic mass is 10.1. The van der Waals surface area contributed by atoms with Crippen molar-refractivity contribution in [2.24, 2.45) is 7.05 Å². The van der Waals surface area contributed by atoms with Gasteiger partial charge < -0.3 is 9.15 Å². The quantitative estimate of drug-likeness (QED) is 0.612. The van der Waals surface area contributed by atoms with E-state index in [9.17, 15) is 27.6 Å². The third-order valence-corrected chi connectivity index (χ3v) is 4.30. The van der Waals surface area contributed by atoms with E-state index in [2.05, 4.69) is 0 Å². The van der Waals surface area contributed by atoms with Gasteiger partial charge in [-0.05, 0) is 13.0 Å². The lowest BCUT2D eigenvalue weighted by Gasteiger charge is -2.13. The minimum atomic E-state index is -4.88. The molecule has 3 aromatic rings. The van der Waals surface area contributed by atoms with Crippen molar-refractivity contribution in [3.05, 3.63) is 61.6 Å². The van der Waals surface area contributed by atoms with Crippen LogP contribution in [0.5, 0.6) is 0 Å². The average Bonchev–Trinajstić information content (AvgIpc) is 2.99. The molecule has 0 atom stereocenters. The molecule has 148 valence electrons. The number of hydrogen-bond acceptors (Lipinski definition) is 5. The van der Waals surface area contributed by atoms with Gasteiger partial charge in [0.25, 0.3) is 5.56 Å². The molecule has 0 amide bonds. The highest BCUT2D eigenvalue weighted by molar-refractivity contribution is 6.34. The zero-order chi connectivity index (χ0) is 20.8. The molecule has 0 unspecified atom stereocenters. The van der Waals surface area contributed by atoms with Crippen molar-refractivity contribution in [3.63, 3.8) is 0 Å². The van der Waals surface area contributed by atoms with Gasteiger partial charge in [-0.3, -0.25) is 9.36 Å². The Labute approximate surface area is 159 Å². The first-order valence-electron chi connectivity index (χ1n) is 7.84. The van der Waals surface area contributed by atoms with E-state index in [1.165, 1.54) is 12.1 Å². The molecule has 0 fully saturated rings. The summed E-state index contributed by atoms with van der Waals surface area (Å²) in [4.78, 5) is 36.8. The summed E-state index contributed by atoms with van der Waals surface area (Å²) >= 11 is 6.03. The first-order chi connectivity index (χ1) is 13.1. The van der Waals surface area contributed by atoms with Crippen molar-refractivity contribution >= 4 is 28.5 Å². The number of alkyl halides is 3. The molecule has 0 aliphatic heterocycles. The Balaban J connectivity index is 2.30. The molecule has 3 rings (SSSR count). The van der Waals surface area contributed by atoms with E-state index in [1.54, 1.807) is 6.92 Å². The van der Waals surface area contributed by atoms with Gasteiger partial charge in [0.1, 0.15) is 17.5 Å². The summed E-state index contributed by atoms with van der Waals surface area (Å²) in [5, 5.41) is 0.144. The van der Waals surface area contributed by atoms with E-state index in [-0.39, 0.29) is 33.8 Å². The molecule has 1 aromatic carbocycles. The fourth-order valence-electron chi connectivity index (χ4n) is 2.69. The highest BCUT2D eigenvalue weighted by atomic mass is 35.5. The smallest absolute Gasteiger partial charge is 0.431 e. The van der Waals surface area contributed by atoms with Crippen LogP contribution in [0, 0.1) is 0 Å². The van der Waals surface area contributed by atoms with E-state index in [4.69, 9.17) is 20.8 Å². The summed E-state index contributed by atoms with van der Waals surface area (Å²) < 4.78 is 50.0. The molecule has 0 spiro atoms. The van der Waals surface area contributed by atoms with Crippen LogP contribution in [0.2, 0.25) is 5.02 Å². The van der Waals surface area contributed by atoms with Crippen LogP contribution in [0.15, 0.2) is 38.5 Å². The Hall–Kier alpha value is -3.01. The number of esters is 1. The van der Waals surface area contributed by atoms with Gasteiger partial charge in [0, 0.05) is 24.6 Å². The van der Waals surface area contributed by atoms with Crippen LogP contribution in [-0.2, 0) is 18.0 Å². The van der Waals surface area contributed by atoms with Crippen LogP contribution in [0.4, 0.5) is 13.2 Å². The second-order valence-corrected chi connectivity index (χ2v) is 6.12. The molecule has 0 radical (unpaired) electrons. The van der Waals surface area contributed by atoms with Crippen molar-refractivity contribution in [1.82, 2.24) is 9.13 Å². The summed E-state index contributed by atoms with van der Waals surface area (Å²) in [7, 11) is 0.893. The molecule has 0 bridgehead atoms. The fourth-order valence-corrected chi connectivity index (χ4v) is 2.92. The van der Waals surface area contributed by atoms with Gasteiger partial charge in [-0.2, -0.15) is 13.2 Å². The predicted molar refractivity (Wildman–Crippen MR) is 93.0 cm³/mol. The summed E-state index contributed by atoms with van der Waals surface area (Å²) in [6.07, 6.45) is -3.86. The summed E-state index contributed by atoms with van der Waals surface area (Å²) in [5.41, 5.74) is -3.86. The van der Waals surface area contributed by atoms with E-state index in [0.29, 0.717) is 15.2 Å². The molecule has 0 N–H and O–H groups in total. The number of carbonyl (C=O) groups excluding carboxylic acids is 1. The lowest BCUT2D eigenvalue weighted by molar-refractivity contribution is -0.144. The molecule has 28 heavy (non-hydrogen) atoms. The maximum atomic E-state index is 13.0. The number of hydrogen-bond donors (Lipinski definition) is 0. The summed E-state index contributed by atoms with van der Waals surface area (Å²) in [6.45, 7) is 1.68. The lowest BCUT2D eigenvalue weighted by Crippen LogP contribution is -2.40. The van der Waals surface area contributed by atoms with Crippen molar-refractivity contribution in [2.75, 3.05) is 6.61 Å². The van der Waals surface area contributed by atoms with Gasteiger partial charge in [0.2, 0.25) is 0 Å². The first kappa shape index (κ1) is 19.7. The van der Waals surface area contributed by atoms with Gasteiger partial charge in [0.15, 0.2) is 0 Å². The number of fused-ring (bicyclic) bond motifs is 1. The molecule has 2 heterocycles. The fraction of sp³-hybridized carbons (Fsp3) is 0.235. The highest BCUT2D eigenvalue weighted by Crippen LogP contribution is 2.30. The second-order valence-electron chi connectivity index (χ2n) is 5.71. The standard InChI is InChI=1S/C17H12ClF3N2O5/c1-3-27-15(25)8-4-9-11(7-28-12(9)5-10(8)18)23-14(24)6-13(17(19,20)21)22(2)16(23)26/h4-7H,3H2,1-2H3. The van der Waals surface area contributed by atoms with Crippen LogP contribution < -0.4 is 11.2 Å². The van der Waals surface area contributed by atoms with Crippen molar-refractivity contribution in [3.8, 4) is 5.69 Å². The second kappa shape index (κ2) is 6.86. The Morgan fingerprint density at radius 1 is 1.25 bits per heavy atom. The maximum Gasteiger partial charge on any atom is 0.431 e.